The van der Waals surface area contributed by atoms with Crippen molar-refractivity contribution in [3.05, 3.63) is 65.5 Å². The van der Waals surface area contributed by atoms with E-state index in [1.165, 1.54) is 0 Å². The molecule has 4 aromatic rings. The molecule has 2 heterocycles. The van der Waals surface area contributed by atoms with Crippen LogP contribution in [0.1, 0.15) is 34.0 Å². The average molecular weight is 405 g/mol. The van der Waals surface area contributed by atoms with Gasteiger partial charge in [-0.3, -0.25) is 4.79 Å². The molecule has 146 valence electrons. The van der Waals surface area contributed by atoms with Gasteiger partial charge in [0.25, 0.3) is 0 Å². The minimum Gasteiger partial charge on any atom is -0.493 e. The minimum atomic E-state index is 0.0552. The third kappa shape index (κ3) is 2.98. The lowest BCUT2D eigenvalue weighted by Gasteiger charge is -2.23. The molecule has 2 aromatic heterocycles. The minimum absolute atomic E-state index is 0.0552. The molecule has 0 radical (unpaired) electrons. The summed E-state index contributed by atoms with van der Waals surface area (Å²) >= 11 is 1.58. The Morgan fingerprint density at radius 1 is 1.07 bits per heavy atom. The Morgan fingerprint density at radius 3 is 2.69 bits per heavy atom. The molecule has 0 amide bonds. The number of nitrogens with zero attached hydrogens (tertiary/aromatic N) is 3. The maximum Gasteiger partial charge on any atom is 0.211 e. The summed E-state index contributed by atoms with van der Waals surface area (Å²) in [5.41, 5.74) is 3.61. The molecule has 0 fully saturated rings. The number of thiazole rings is 1. The molecule has 1 atom stereocenters. The second kappa shape index (κ2) is 7.00. The van der Waals surface area contributed by atoms with E-state index in [-0.39, 0.29) is 11.7 Å². The van der Waals surface area contributed by atoms with Crippen LogP contribution in [-0.2, 0) is 6.42 Å². The molecule has 0 spiro atoms. The number of Topliss-reactive ketones (excluding diaryl/α,β-unsaturated/α-hetero) is 1. The average Bonchev–Trinajstić information content (AvgIpc) is 3.37. The second-order valence-electron chi connectivity index (χ2n) is 7.02. The first-order valence-corrected chi connectivity index (χ1v) is 10.2. The summed E-state index contributed by atoms with van der Waals surface area (Å²) in [5, 5.41) is 5.29. The van der Waals surface area contributed by atoms with Gasteiger partial charge < -0.3 is 9.47 Å². The van der Waals surface area contributed by atoms with Crippen LogP contribution in [0.3, 0.4) is 0 Å². The van der Waals surface area contributed by atoms with Gasteiger partial charge in [0, 0.05) is 6.42 Å². The Labute approximate surface area is 171 Å². The van der Waals surface area contributed by atoms with E-state index in [0.29, 0.717) is 29.9 Å². The number of aromatic nitrogens is 3. The zero-order valence-corrected chi connectivity index (χ0v) is 16.9. The molecule has 2 aromatic carbocycles. The van der Waals surface area contributed by atoms with Crippen molar-refractivity contribution in [2.75, 3.05) is 14.2 Å². The van der Waals surface area contributed by atoms with Crippen LogP contribution in [0.25, 0.3) is 15.3 Å². The highest BCUT2D eigenvalue weighted by molar-refractivity contribution is 7.20. The smallest absolute Gasteiger partial charge is 0.211 e. The van der Waals surface area contributed by atoms with Crippen LogP contribution in [-0.4, -0.2) is 34.8 Å². The Bertz CT molecular complexity index is 1190. The van der Waals surface area contributed by atoms with E-state index in [2.05, 4.69) is 5.10 Å². The topological polar surface area (TPSA) is 66.2 Å². The van der Waals surface area contributed by atoms with E-state index in [1.807, 2.05) is 47.1 Å². The molecule has 29 heavy (non-hydrogen) atoms. The summed E-state index contributed by atoms with van der Waals surface area (Å²) in [5.74, 6) is 1.51. The quantitative estimate of drug-likeness (QED) is 0.503. The van der Waals surface area contributed by atoms with E-state index in [0.717, 1.165) is 26.6 Å². The molecular formula is C22H19N3O3S. The third-order valence-electron chi connectivity index (χ3n) is 5.38. The van der Waals surface area contributed by atoms with Gasteiger partial charge in [0.15, 0.2) is 17.3 Å². The lowest BCUT2D eigenvalue weighted by Crippen LogP contribution is -2.20. The summed E-state index contributed by atoms with van der Waals surface area (Å²) in [6, 6.07) is 13.9. The van der Waals surface area contributed by atoms with Crippen molar-refractivity contribution < 1.29 is 14.3 Å². The van der Waals surface area contributed by atoms with Crippen LogP contribution in [0.4, 0.5) is 0 Å². The number of carbonyl (C=O) groups excluding carboxylic acids is 1. The van der Waals surface area contributed by atoms with Crippen molar-refractivity contribution in [1.82, 2.24) is 14.8 Å². The molecule has 0 bridgehead atoms. The number of ketones is 1. The summed E-state index contributed by atoms with van der Waals surface area (Å²) < 4.78 is 13.7. The number of fused-ring (bicyclic) bond motifs is 2. The first kappa shape index (κ1) is 17.9. The van der Waals surface area contributed by atoms with Crippen LogP contribution in [0.2, 0.25) is 0 Å². The first-order valence-electron chi connectivity index (χ1n) is 9.36. The van der Waals surface area contributed by atoms with Gasteiger partial charge in [-0.1, -0.05) is 29.5 Å². The maximum atomic E-state index is 12.8. The number of benzene rings is 2. The summed E-state index contributed by atoms with van der Waals surface area (Å²) in [7, 11) is 3.23. The van der Waals surface area contributed by atoms with Crippen LogP contribution in [0.5, 0.6) is 11.5 Å². The monoisotopic (exact) mass is 405 g/mol. The molecule has 7 heteroatoms. The molecule has 0 aliphatic heterocycles. The standard InChI is InChI=1S/C22H19N3O3S/c1-27-19-8-7-13(11-20(19)28-2)14-9-17-15(18(26)10-14)12-23-25(17)22-24-16-5-3-4-6-21(16)29-22/h3-8,11-12,14H,9-10H2,1-2H3/t14-/m0/s1. The molecular weight excluding hydrogens is 386 g/mol. The number of ether oxygens (including phenoxy) is 2. The van der Waals surface area contributed by atoms with Crippen molar-refractivity contribution in [2.45, 2.75) is 18.8 Å². The SMILES string of the molecule is COc1ccc([C@@H]2CC(=O)c3cnn(-c4nc5ccccc5s4)c3C2)cc1OC. The van der Waals surface area contributed by atoms with Crippen molar-refractivity contribution >= 4 is 27.3 Å². The van der Waals surface area contributed by atoms with Crippen molar-refractivity contribution in [1.29, 1.82) is 0 Å². The van der Waals surface area contributed by atoms with Crippen molar-refractivity contribution in [3.8, 4) is 16.6 Å². The molecule has 0 N–H and O–H groups in total. The van der Waals surface area contributed by atoms with Crippen molar-refractivity contribution in [3.63, 3.8) is 0 Å². The summed E-state index contributed by atoms with van der Waals surface area (Å²) in [4.78, 5) is 17.5. The zero-order chi connectivity index (χ0) is 20.0. The number of hydrogen-bond donors (Lipinski definition) is 0. The summed E-state index contributed by atoms with van der Waals surface area (Å²) in [6.07, 6.45) is 2.84. The predicted molar refractivity (Wildman–Crippen MR) is 112 cm³/mol. The Morgan fingerprint density at radius 2 is 1.90 bits per heavy atom. The van der Waals surface area contributed by atoms with Gasteiger partial charge in [0.1, 0.15) is 0 Å². The Balaban J connectivity index is 1.54. The lowest BCUT2D eigenvalue weighted by atomic mass is 9.82. The van der Waals surface area contributed by atoms with E-state index in [4.69, 9.17) is 14.5 Å². The fraction of sp³-hybridized carbons (Fsp3) is 0.227. The normalized spacial score (nSPS) is 16.1. The molecule has 0 saturated carbocycles. The molecule has 0 saturated heterocycles. The Hall–Kier alpha value is -3.19. The van der Waals surface area contributed by atoms with E-state index in [9.17, 15) is 4.79 Å². The largest absolute Gasteiger partial charge is 0.493 e. The van der Waals surface area contributed by atoms with Crippen molar-refractivity contribution in [2.24, 2.45) is 0 Å². The van der Waals surface area contributed by atoms with Gasteiger partial charge in [0.05, 0.1) is 41.9 Å². The van der Waals surface area contributed by atoms with Gasteiger partial charge in [-0.2, -0.15) is 5.10 Å². The van der Waals surface area contributed by atoms with Crippen LogP contribution >= 0.6 is 11.3 Å². The van der Waals surface area contributed by atoms with Crippen LogP contribution in [0.15, 0.2) is 48.7 Å². The Kier molecular flexibility index (Phi) is 4.32. The van der Waals surface area contributed by atoms with Gasteiger partial charge in [0.2, 0.25) is 5.13 Å². The van der Waals surface area contributed by atoms with Gasteiger partial charge in [-0.25, -0.2) is 9.67 Å². The molecule has 6 nitrogen and oxygen atoms in total. The van der Waals surface area contributed by atoms with E-state index < -0.39 is 0 Å². The van der Waals surface area contributed by atoms with Crippen LogP contribution in [0, 0.1) is 0 Å². The highest BCUT2D eigenvalue weighted by Gasteiger charge is 2.31. The first-order chi connectivity index (χ1) is 14.2. The van der Waals surface area contributed by atoms with Gasteiger partial charge >= 0.3 is 0 Å². The number of methoxy groups -OCH3 is 2. The molecule has 1 aliphatic rings. The predicted octanol–water partition coefficient (Wildman–Crippen LogP) is 4.41. The molecule has 1 aliphatic carbocycles. The summed E-state index contributed by atoms with van der Waals surface area (Å²) in [6.45, 7) is 0. The lowest BCUT2D eigenvalue weighted by molar-refractivity contribution is 0.0963. The number of para-hydroxylation sites is 1. The highest BCUT2D eigenvalue weighted by atomic mass is 32.1. The van der Waals surface area contributed by atoms with E-state index >= 15 is 0 Å². The number of hydrogen-bond acceptors (Lipinski definition) is 6. The number of carbonyl (C=O) groups is 1. The number of rotatable bonds is 4. The van der Waals surface area contributed by atoms with Gasteiger partial charge in [-0.15, -0.1) is 0 Å². The zero-order valence-electron chi connectivity index (χ0n) is 16.1. The molecule has 0 unspecified atom stereocenters. The fourth-order valence-corrected chi connectivity index (χ4v) is 4.85. The highest BCUT2D eigenvalue weighted by Crippen LogP contribution is 2.38. The molecule has 5 rings (SSSR count). The maximum absolute atomic E-state index is 12.8. The second-order valence-corrected chi connectivity index (χ2v) is 8.03. The van der Waals surface area contributed by atoms with Gasteiger partial charge in [-0.05, 0) is 42.2 Å². The third-order valence-corrected chi connectivity index (χ3v) is 6.40. The fourth-order valence-electron chi connectivity index (χ4n) is 3.90. The van der Waals surface area contributed by atoms with Crippen LogP contribution < -0.4 is 9.47 Å². The van der Waals surface area contributed by atoms with E-state index in [1.54, 1.807) is 31.8 Å².